The predicted molar refractivity (Wildman–Crippen MR) is 164 cm³/mol. The van der Waals surface area contributed by atoms with Gasteiger partial charge in [0, 0.05) is 25.9 Å². The van der Waals surface area contributed by atoms with Crippen molar-refractivity contribution in [3.8, 4) is 22.9 Å². The standard InChI is InChI=1S/C29H30Br2N4O4S/c1-4-37-24-15-20(16-25(38-5-2)27(24)39-6-3)28(36)32-17-26-33-34-29(35(26)23-13-11-22(31)12-14-23)40-18-19-7-9-21(30)10-8-19/h7-16H,4-6,17-18H2,1-3H3,(H,32,36). The van der Waals surface area contributed by atoms with Gasteiger partial charge in [0.25, 0.3) is 5.91 Å². The van der Waals surface area contributed by atoms with Crippen LogP contribution in [0, 0.1) is 0 Å². The van der Waals surface area contributed by atoms with Crippen LogP contribution in [0.2, 0.25) is 0 Å². The van der Waals surface area contributed by atoms with E-state index in [4.69, 9.17) is 14.2 Å². The van der Waals surface area contributed by atoms with Crippen LogP contribution >= 0.6 is 43.6 Å². The first kappa shape index (κ1) is 30.0. The van der Waals surface area contributed by atoms with Gasteiger partial charge in [-0.1, -0.05) is 55.8 Å². The van der Waals surface area contributed by atoms with Gasteiger partial charge in [0.2, 0.25) is 5.75 Å². The Bertz CT molecular complexity index is 1400. The van der Waals surface area contributed by atoms with Gasteiger partial charge in [-0.05, 0) is 74.9 Å². The van der Waals surface area contributed by atoms with E-state index < -0.39 is 0 Å². The number of benzene rings is 3. The van der Waals surface area contributed by atoms with Crippen LogP contribution in [-0.2, 0) is 12.3 Å². The second-order valence-electron chi connectivity index (χ2n) is 8.41. The lowest BCUT2D eigenvalue weighted by Gasteiger charge is -2.17. The maximum atomic E-state index is 13.3. The summed E-state index contributed by atoms with van der Waals surface area (Å²) in [5, 5.41) is 12.6. The van der Waals surface area contributed by atoms with Crippen LogP contribution in [0.15, 0.2) is 74.8 Å². The van der Waals surface area contributed by atoms with E-state index in [1.54, 1.807) is 23.9 Å². The Morgan fingerprint density at radius 1 is 0.850 bits per heavy atom. The fourth-order valence-electron chi connectivity index (χ4n) is 3.87. The maximum Gasteiger partial charge on any atom is 0.251 e. The summed E-state index contributed by atoms with van der Waals surface area (Å²) in [5.74, 6) is 2.45. The fourth-order valence-corrected chi connectivity index (χ4v) is 5.32. The number of ether oxygens (including phenoxy) is 3. The molecule has 4 rings (SSSR count). The number of rotatable bonds is 13. The molecule has 210 valence electrons. The van der Waals surface area contributed by atoms with Crippen LogP contribution in [0.1, 0.15) is 42.5 Å². The molecule has 0 spiro atoms. The molecule has 1 heterocycles. The average Bonchev–Trinajstić information content (AvgIpc) is 3.36. The number of carbonyl (C=O) groups is 1. The first-order valence-corrected chi connectivity index (χ1v) is 15.4. The van der Waals surface area contributed by atoms with Crippen LogP contribution in [0.5, 0.6) is 17.2 Å². The number of amides is 1. The van der Waals surface area contributed by atoms with Crippen molar-refractivity contribution in [2.75, 3.05) is 19.8 Å². The summed E-state index contributed by atoms with van der Waals surface area (Å²) in [7, 11) is 0. The van der Waals surface area contributed by atoms with E-state index in [2.05, 4.69) is 59.5 Å². The van der Waals surface area contributed by atoms with E-state index in [0.717, 1.165) is 25.5 Å². The third kappa shape index (κ3) is 7.58. The van der Waals surface area contributed by atoms with Gasteiger partial charge in [-0.3, -0.25) is 9.36 Å². The lowest BCUT2D eigenvalue weighted by molar-refractivity contribution is 0.0948. The first-order valence-electron chi connectivity index (χ1n) is 12.9. The van der Waals surface area contributed by atoms with Crippen LogP contribution in [-0.4, -0.2) is 40.5 Å². The summed E-state index contributed by atoms with van der Waals surface area (Å²) in [6.07, 6.45) is 0. The van der Waals surface area contributed by atoms with Crippen molar-refractivity contribution < 1.29 is 19.0 Å². The largest absolute Gasteiger partial charge is 0.490 e. The number of halogens is 2. The number of hydrogen-bond donors (Lipinski definition) is 1. The summed E-state index contributed by atoms with van der Waals surface area (Å²) < 4.78 is 21.3. The van der Waals surface area contributed by atoms with Gasteiger partial charge in [0.05, 0.1) is 26.4 Å². The molecule has 0 saturated heterocycles. The van der Waals surface area contributed by atoms with E-state index in [9.17, 15) is 4.79 Å². The summed E-state index contributed by atoms with van der Waals surface area (Å²) in [6.45, 7) is 7.11. The summed E-state index contributed by atoms with van der Waals surface area (Å²) in [4.78, 5) is 13.3. The lowest BCUT2D eigenvalue weighted by Crippen LogP contribution is -2.25. The summed E-state index contributed by atoms with van der Waals surface area (Å²) in [6, 6.07) is 19.4. The topological polar surface area (TPSA) is 87.5 Å². The molecular formula is C29H30Br2N4O4S. The first-order chi connectivity index (χ1) is 19.4. The van der Waals surface area contributed by atoms with Gasteiger partial charge in [0.1, 0.15) is 0 Å². The molecule has 0 atom stereocenters. The van der Waals surface area contributed by atoms with Gasteiger partial charge in [0.15, 0.2) is 22.5 Å². The molecule has 3 aromatic carbocycles. The van der Waals surface area contributed by atoms with Crippen LogP contribution in [0.3, 0.4) is 0 Å². The minimum absolute atomic E-state index is 0.169. The molecule has 0 radical (unpaired) electrons. The van der Waals surface area contributed by atoms with Crippen LogP contribution in [0.4, 0.5) is 0 Å². The molecule has 40 heavy (non-hydrogen) atoms. The zero-order valence-corrected chi connectivity index (χ0v) is 26.4. The number of thioether (sulfide) groups is 1. The highest BCUT2D eigenvalue weighted by Crippen LogP contribution is 2.39. The highest BCUT2D eigenvalue weighted by molar-refractivity contribution is 9.10. The minimum atomic E-state index is -0.292. The number of nitrogens with one attached hydrogen (secondary N) is 1. The number of carbonyl (C=O) groups excluding carboxylic acids is 1. The second-order valence-corrected chi connectivity index (χ2v) is 11.2. The molecule has 11 heteroatoms. The fraction of sp³-hybridized carbons (Fsp3) is 0.276. The van der Waals surface area contributed by atoms with Gasteiger partial charge in [-0.25, -0.2) is 0 Å². The highest BCUT2D eigenvalue weighted by atomic mass is 79.9. The van der Waals surface area contributed by atoms with Crippen LogP contribution in [0.25, 0.3) is 5.69 Å². The Balaban J connectivity index is 1.58. The van der Waals surface area contributed by atoms with Crippen molar-refractivity contribution in [3.05, 3.63) is 86.6 Å². The molecule has 0 aliphatic rings. The Morgan fingerprint density at radius 2 is 1.43 bits per heavy atom. The molecule has 0 unspecified atom stereocenters. The molecule has 1 amide bonds. The molecular weight excluding hydrogens is 660 g/mol. The van der Waals surface area contributed by atoms with E-state index in [1.807, 2.05) is 61.7 Å². The summed E-state index contributed by atoms with van der Waals surface area (Å²) in [5.41, 5.74) is 2.46. The highest BCUT2D eigenvalue weighted by Gasteiger charge is 2.20. The van der Waals surface area contributed by atoms with Crippen molar-refractivity contribution in [1.82, 2.24) is 20.1 Å². The average molecular weight is 690 g/mol. The van der Waals surface area contributed by atoms with E-state index >= 15 is 0 Å². The molecule has 1 N–H and O–H groups in total. The summed E-state index contributed by atoms with van der Waals surface area (Å²) >= 11 is 8.56. The monoisotopic (exact) mass is 688 g/mol. The molecule has 1 aromatic heterocycles. The maximum absolute atomic E-state index is 13.3. The molecule has 0 aliphatic carbocycles. The molecule has 0 saturated carbocycles. The quantitative estimate of drug-likeness (QED) is 0.149. The number of hydrogen-bond acceptors (Lipinski definition) is 7. The SMILES string of the molecule is CCOc1cc(C(=O)NCc2nnc(SCc3ccc(Br)cc3)n2-c2ccc(Br)cc2)cc(OCC)c1OCC. The van der Waals surface area contributed by atoms with Gasteiger partial charge in [-0.2, -0.15) is 0 Å². The zero-order chi connectivity index (χ0) is 28.5. The van der Waals surface area contributed by atoms with Crippen molar-refractivity contribution in [1.29, 1.82) is 0 Å². The van der Waals surface area contributed by atoms with Crippen molar-refractivity contribution in [3.63, 3.8) is 0 Å². The number of aromatic nitrogens is 3. The molecule has 0 aliphatic heterocycles. The van der Waals surface area contributed by atoms with Crippen molar-refractivity contribution in [2.24, 2.45) is 0 Å². The normalized spacial score (nSPS) is 10.8. The Labute approximate surface area is 255 Å². The third-order valence-corrected chi connectivity index (χ3v) is 7.70. The molecule has 4 aromatic rings. The van der Waals surface area contributed by atoms with Crippen molar-refractivity contribution >= 4 is 49.5 Å². The third-order valence-electron chi connectivity index (χ3n) is 5.64. The van der Waals surface area contributed by atoms with E-state index in [1.165, 1.54) is 5.56 Å². The Hall–Kier alpha value is -3.02. The van der Waals surface area contributed by atoms with Crippen LogP contribution < -0.4 is 19.5 Å². The van der Waals surface area contributed by atoms with Gasteiger partial charge < -0.3 is 19.5 Å². The Morgan fingerprint density at radius 3 is 2.00 bits per heavy atom. The lowest BCUT2D eigenvalue weighted by atomic mass is 10.1. The second kappa shape index (κ2) is 14.6. The smallest absolute Gasteiger partial charge is 0.251 e. The predicted octanol–water partition coefficient (Wildman–Crippen LogP) is 7.21. The zero-order valence-electron chi connectivity index (χ0n) is 22.4. The molecule has 0 fully saturated rings. The van der Waals surface area contributed by atoms with Gasteiger partial charge in [-0.15, -0.1) is 10.2 Å². The van der Waals surface area contributed by atoms with E-state index in [-0.39, 0.29) is 12.5 Å². The molecule has 0 bridgehead atoms. The number of nitrogens with zero attached hydrogens (tertiary/aromatic N) is 3. The minimum Gasteiger partial charge on any atom is -0.490 e. The van der Waals surface area contributed by atoms with Crippen molar-refractivity contribution in [2.45, 2.75) is 38.2 Å². The van der Waals surface area contributed by atoms with E-state index in [0.29, 0.717) is 48.5 Å². The molecule has 8 nitrogen and oxygen atoms in total. The van der Waals surface area contributed by atoms with Gasteiger partial charge >= 0.3 is 0 Å². The Kier molecular flexibility index (Phi) is 10.9.